The van der Waals surface area contributed by atoms with Gasteiger partial charge in [-0.1, -0.05) is 0 Å². The van der Waals surface area contributed by atoms with Crippen LogP contribution in [0.2, 0.25) is 0 Å². The smallest absolute Gasteiger partial charge is 0.271 e. The third kappa shape index (κ3) is 3.77. The maximum atomic E-state index is 12.3. The second kappa shape index (κ2) is 7.43. The second-order valence-corrected chi connectivity index (χ2v) is 6.30. The molecule has 2 N–H and O–H groups in total. The maximum Gasteiger partial charge on any atom is 0.271 e. The van der Waals surface area contributed by atoms with Gasteiger partial charge in [0, 0.05) is 28.9 Å². The molecular formula is C21H16N4O4. The zero-order chi connectivity index (χ0) is 20.4. The molecule has 3 aromatic carbocycles. The topological polar surface area (TPSA) is 110 Å². The Morgan fingerprint density at radius 1 is 1.07 bits per heavy atom. The Bertz CT molecular complexity index is 1200. The summed E-state index contributed by atoms with van der Waals surface area (Å²) in [5, 5.41) is 13.7. The normalized spacial score (nSPS) is 10.7. The Kier molecular flexibility index (Phi) is 4.66. The molecule has 0 aliphatic rings. The first-order valence-corrected chi connectivity index (χ1v) is 8.73. The molecule has 1 aromatic heterocycles. The fraction of sp³-hybridized carbons (Fsp3) is 0.0476. The summed E-state index contributed by atoms with van der Waals surface area (Å²) < 4.78 is 5.09. The number of imidazole rings is 1. The number of non-ortho nitro benzene ring substituents is 1. The summed E-state index contributed by atoms with van der Waals surface area (Å²) >= 11 is 0. The van der Waals surface area contributed by atoms with Crippen molar-refractivity contribution >= 4 is 28.3 Å². The van der Waals surface area contributed by atoms with Gasteiger partial charge in [-0.25, -0.2) is 4.98 Å². The van der Waals surface area contributed by atoms with Gasteiger partial charge in [0.1, 0.15) is 11.6 Å². The Balaban J connectivity index is 1.52. The minimum atomic E-state index is -0.444. The summed E-state index contributed by atoms with van der Waals surface area (Å²) in [6, 6.07) is 18.5. The molecule has 0 spiro atoms. The Labute approximate surface area is 165 Å². The van der Waals surface area contributed by atoms with Crippen LogP contribution >= 0.6 is 0 Å². The van der Waals surface area contributed by atoms with Crippen LogP contribution in [0.1, 0.15) is 10.4 Å². The summed E-state index contributed by atoms with van der Waals surface area (Å²) in [5.74, 6) is 1.05. The fourth-order valence-corrected chi connectivity index (χ4v) is 2.90. The van der Waals surface area contributed by atoms with Gasteiger partial charge in [-0.3, -0.25) is 14.9 Å². The number of nitrogens with one attached hydrogen (secondary N) is 2. The number of H-pyrrole nitrogens is 1. The summed E-state index contributed by atoms with van der Waals surface area (Å²) in [6.45, 7) is 0. The Morgan fingerprint density at radius 3 is 2.45 bits per heavy atom. The SMILES string of the molecule is COc1ccc(C(=O)Nc2ccc(-c3nc4ccc([N+](=O)[O-])cc4[nH]3)cc2)cc1. The number of hydrogen-bond donors (Lipinski definition) is 2. The number of carbonyl (C=O) groups is 1. The number of aromatic nitrogens is 2. The van der Waals surface area contributed by atoms with Gasteiger partial charge in [0.25, 0.3) is 11.6 Å². The van der Waals surface area contributed by atoms with Crippen LogP contribution in [0.4, 0.5) is 11.4 Å². The number of anilines is 1. The molecule has 0 radical (unpaired) electrons. The summed E-state index contributed by atoms with van der Waals surface area (Å²) in [5.41, 5.74) is 3.19. The predicted molar refractivity (Wildman–Crippen MR) is 109 cm³/mol. The number of methoxy groups -OCH3 is 1. The lowest BCUT2D eigenvalue weighted by Gasteiger charge is -2.07. The van der Waals surface area contributed by atoms with E-state index in [0.29, 0.717) is 33.9 Å². The highest BCUT2D eigenvalue weighted by Crippen LogP contribution is 2.25. The number of nitro benzene ring substituents is 1. The minimum absolute atomic E-state index is 0.00397. The van der Waals surface area contributed by atoms with E-state index in [1.165, 1.54) is 12.1 Å². The third-order valence-corrected chi connectivity index (χ3v) is 4.44. The molecule has 0 fully saturated rings. The number of carbonyl (C=O) groups excluding carboxylic acids is 1. The number of amides is 1. The number of fused-ring (bicyclic) bond motifs is 1. The molecule has 144 valence electrons. The van der Waals surface area contributed by atoms with E-state index in [9.17, 15) is 14.9 Å². The molecule has 0 unspecified atom stereocenters. The van der Waals surface area contributed by atoms with Crippen LogP contribution < -0.4 is 10.1 Å². The van der Waals surface area contributed by atoms with E-state index in [4.69, 9.17) is 4.74 Å². The molecule has 8 heteroatoms. The van der Waals surface area contributed by atoms with Gasteiger partial charge in [-0.05, 0) is 54.6 Å². The van der Waals surface area contributed by atoms with Crippen molar-refractivity contribution in [1.82, 2.24) is 9.97 Å². The number of nitro groups is 1. The standard InChI is InChI=1S/C21H16N4O4/c1-29-17-9-4-14(5-10-17)21(26)22-15-6-2-13(3-7-15)20-23-18-11-8-16(25(27)28)12-19(18)24-20/h2-12H,1H3,(H,22,26)(H,23,24). The Hall–Kier alpha value is -4.20. The highest BCUT2D eigenvalue weighted by molar-refractivity contribution is 6.04. The van der Waals surface area contributed by atoms with Crippen LogP contribution in [0, 0.1) is 10.1 Å². The molecule has 0 saturated heterocycles. The summed E-state index contributed by atoms with van der Waals surface area (Å²) in [6.07, 6.45) is 0. The van der Waals surface area contributed by atoms with Gasteiger partial charge in [0.15, 0.2) is 0 Å². The maximum absolute atomic E-state index is 12.3. The van der Waals surface area contributed by atoms with Crippen molar-refractivity contribution in [3.05, 3.63) is 82.4 Å². The first kappa shape index (κ1) is 18.2. The molecule has 29 heavy (non-hydrogen) atoms. The molecule has 1 amide bonds. The molecule has 0 saturated carbocycles. The fourth-order valence-electron chi connectivity index (χ4n) is 2.90. The number of nitrogens with zero attached hydrogens (tertiary/aromatic N) is 2. The number of rotatable bonds is 5. The first-order valence-electron chi connectivity index (χ1n) is 8.73. The van der Waals surface area contributed by atoms with E-state index in [-0.39, 0.29) is 11.6 Å². The molecule has 1 heterocycles. The van der Waals surface area contributed by atoms with Crippen molar-refractivity contribution in [3.63, 3.8) is 0 Å². The van der Waals surface area contributed by atoms with Crippen molar-refractivity contribution < 1.29 is 14.5 Å². The number of hydrogen-bond acceptors (Lipinski definition) is 5. The summed E-state index contributed by atoms with van der Waals surface area (Å²) in [7, 11) is 1.57. The lowest BCUT2D eigenvalue weighted by atomic mass is 10.1. The number of ether oxygens (including phenoxy) is 1. The van der Waals surface area contributed by atoms with Gasteiger partial charge in [0.05, 0.1) is 23.1 Å². The van der Waals surface area contributed by atoms with E-state index in [1.54, 1.807) is 49.6 Å². The van der Waals surface area contributed by atoms with Crippen molar-refractivity contribution in [3.8, 4) is 17.1 Å². The Morgan fingerprint density at radius 2 is 1.79 bits per heavy atom. The average Bonchev–Trinajstić information content (AvgIpc) is 3.17. The van der Waals surface area contributed by atoms with E-state index < -0.39 is 4.92 Å². The number of benzene rings is 3. The zero-order valence-corrected chi connectivity index (χ0v) is 15.4. The summed E-state index contributed by atoms with van der Waals surface area (Å²) in [4.78, 5) is 30.4. The van der Waals surface area contributed by atoms with Gasteiger partial charge >= 0.3 is 0 Å². The van der Waals surface area contributed by atoms with Crippen molar-refractivity contribution in [2.45, 2.75) is 0 Å². The first-order chi connectivity index (χ1) is 14.0. The lowest BCUT2D eigenvalue weighted by Crippen LogP contribution is -2.11. The van der Waals surface area contributed by atoms with Crippen LogP contribution in [0.3, 0.4) is 0 Å². The van der Waals surface area contributed by atoms with Gasteiger partial charge in [0.2, 0.25) is 0 Å². The van der Waals surface area contributed by atoms with Crippen LogP contribution in [0.15, 0.2) is 66.7 Å². The number of aromatic amines is 1. The molecule has 0 bridgehead atoms. The van der Waals surface area contributed by atoms with Crippen LogP contribution in [-0.2, 0) is 0 Å². The molecule has 4 aromatic rings. The largest absolute Gasteiger partial charge is 0.497 e. The van der Waals surface area contributed by atoms with Crippen molar-refractivity contribution in [1.29, 1.82) is 0 Å². The van der Waals surface area contributed by atoms with Crippen molar-refractivity contribution in [2.24, 2.45) is 0 Å². The minimum Gasteiger partial charge on any atom is -0.497 e. The van der Waals surface area contributed by atoms with E-state index in [2.05, 4.69) is 15.3 Å². The predicted octanol–water partition coefficient (Wildman–Crippen LogP) is 4.40. The molecular weight excluding hydrogens is 372 g/mol. The second-order valence-electron chi connectivity index (χ2n) is 6.30. The monoisotopic (exact) mass is 388 g/mol. The van der Waals surface area contributed by atoms with Gasteiger partial charge < -0.3 is 15.0 Å². The van der Waals surface area contributed by atoms with E-state index in [1.807, 2.05) is 12.1 Å². The molecule has 8 nitrogen and oxygen atoms in total. The van der Waals surface area contributed by atoms with Crippen LogP contribution in [-0.4, -0.2) is 27.9 Å². The highest BCUT2D eigenvalue weighted by atomic mass is 16.6. The molecule has 0 atom stereocenters. The van der Waals surface area contributed by atoms with Crippen LogP contribution in [0.25, 0.3) is 22.4 Å². The van der Waals surface area contributed by atoms with Gasteiger partial charge in [-0.2, -0.15) is 0 Å². The van der Waals surface area contributed by atoms with Crippen LogP contribution in [0.5, 0.6) is 5.75 Å². The van der Waals surface area contributed by atoms with Gasteiger partial charge in [-0.15, -0.1) is 0 Å². The van der Waals surface area contributed by atoms with E-state index in [0.717, 1.165) is 5.56 Å². The third-order valence-electron chi connectivity index (χ3n) is 4.44. The zero-order valence-electron chi connectivity index (χ0n) is 15.4. The van der Waals surface area contributed by atoms with Crippen molar-refractivity contribution in [2.75, 3.05) is 12.4 Å². The average molecular weight is 388 g/mol. The molecule has 0 aliphatic carbocycles. The highest BCUT2D eigenvalue weighted by Gasteiger charge is 2.11. The molecule has 0 aliphatic heterocycles. The van der Waals surface area contributed by atoms with E-state index >= 15 is 0 Å². The molecule has 4 rings (SSSR count). The quantitative estimate of drug-likeness (QED) is 0.389. The lowest BCUT2D eigenvalue weighted by molar-refractivity contribution is -0.384.